The first-order valence-electron chi connectivity index (χ1n) is 15.5. The van der Waals surface area contributed by atoms with E-state index in [1.54, 1.807) is 17.7 Å². The van der Waals surface area contributed by atoms with E-state index in [-0.39, 0.29) is 35.9 Å². The van der Waals surface area contributed by atoms with Crippen molar-refractivity contribution in [2.75, 3.05) is 20.2 Å². The highest BCUT2D eigenvalue weighted by molar-refractivity contribution is 7.10. The monoisotopic (exact) mass is 695 g/mol. The number of nitrogens with zero attached hydrogens (tertiary/aromatic N) is 4. The molecule has 6 rings (SSSR count). The average molecular weight is 696 g/mol. The summed E-state index contributed by atoms with van der Waals surface area (Å²) < 4.78 is 5.23. The summed E-state index contributed by atoms with van der Waals surface area (Å²) in [6, 6.07) is 20.1. The van der Waals surface area contributed by atoms with E-state index in [9.17, 15) is 19.2 Å². The van der Waals surface area contributed by atoms with Gasteiger partial charge in [-0.05, 0) is 30.5 Å². The number of nitrogens with one attached hydrogen (secondary N) is 3. The van der Waals surface area contributed by atoms with Crippen molar-refractivity contribution in [3.63, 3.8) is 0 Å². The van der Waals surface area contributed by atoms with Gasteiger partial charge >= 0.3 is 0 Å². The standard InChI is InChI=1S/C35H33N7O5S2/c1-21-33-40-27(19-48-33)31(44)38-25(15-22-9-5-3-6-10-22)34-41-28(20-49-34)32(45)39-26(23-11-7-4-8-12-23)17-42(18-29(43)37-21)35(46)24-13-14-36-30(16-24)47-2/h3-14,16,19-21,25-26H,15,17-18H2,1-2H3,(H,37,43)(H,38,44)(H,39,45)/t21-,25+,26-/m0/s1. The maximum atomic E-state index is 14.0. The molecule has 2 aromatic carbocycles. The fraction of sp³-hybridized carbons (Fsp3) is 0.229. The number of rotatable bonds is 5. The van der Waals surface area contributed by atoms with Gasteiger partial charge in [0.2, 0.25) is 11.8 Å². The van der Waals surface area contributed by atoms with Crippen LogP contribution in [0.3, 0.4) is 0 Å². The number of hydrogen-bond acceptors (Lipinski definition) is 10. The van der Waals surface area contributed by atoms with E-state index in [1.165, 1.54) is 53.0 Å². The third-order valence-corrected chi connectivity index (χ3v) is 9.85. The van der Waals surface area contributed by atoms with Crippen molar-refractivity contribution in [3.8, 4) is 5.88 Å². The quantitative estimate of drug-likeness (QED) is 0.243. The van der Waals surface area contributed by atoms with Crippen LogP contribution in [-0.2, 0) is 11.2 Å². The summed E-state index contributed by atoms with van der Waals surface area (Å²) >= 11 is 2.52. The van der Waals surface area contributed by atoms with E-state index in [1.807, 2.05) is 60.7 Å². The van der Waals surface area contributed by atoms with Gasteiger partial charge in [0, 0.05) is 35.1 Å². The lowest BCUT2D eigenvalue weighted by atomic mass is 10.1. The van der Waals surface area contributed by atoms with Gasteiger partial charge in [-0.2, -0.15) is 0 Å². The number of benzene rings is 2. The molecule has 0 aliphatic carbocycles. The predicted octanol–water partition coefficient (Wildman–Crippen LogP) is 4.52. The third kappa shape index (κ3) is 8.16. The molecule has 49 heavy (non-hydrogen) atoms. The summed E-state index contributed by atoms with van der Waals surface area (Å²) in [4.78, 5) is 69.4. The molecule has 3 N–H and O–H groups in total. The number of carbonyl (C=O) groups excluding carboxylic acids is 4. The Balaban J connectivity index is 1.39. The largest absolute Gasteiger partial charge is 0.481 e. The van der Waals surface area contributed by atoms with Gasteiger partial charge in [0.25, 0.3) is 17.7 Å². The maximum Gasteiger partial charge on any atom is 0.271 e. The SMILES string of the molecule is COc1cc(C(=O)N2CC(=O)N[C@@H](C)c3nc(cs3)C(=O)N[C@H](Cc3ccccc3)c3nc(cs3)C(=O)N[C@H](c3ccccc3)C2)ccn1. The van der Waals surface area contributed by atoms with Crippen LogP contribution in [0.4, 0.5) is 0 Å². The molecule has 0 spiro atoms. The minimum atomic E-state index is -0.711. The van der Waals surface area contributed by atoms with Gasteiger partial charge in [0.1, 0.15) is 21.4 Å². The summed E-state index contributed by atoms with van der Waals surface area (Å²) in [7, 11) is 1.45. The topological polar surface area (TPSA) is 156 Å². The van der Waals surface area contributed by atoms with E-state index in [0.29, 0.717) is 16.4 Å². The van der Waals surface area contributed by atoms with Crippen molar-refractivity contribution in [1.82, 2.24) is 35.8 Å². The van der Waals surface area contributed by atoms with Crippen LogP contribution < -0.4 is 20.7 Å². The molecule has 14 heteroatoms. The van der Waals surface area contributed by atoms with E-state index in [2.05, 4.69) is 30.9 Å². The van der Waals surface area contributed by atoms with Crippen LogP contribution in [0.1, 0.15) is 77.5 Å². The average Bonchev–Trinajstić information content (AvgIpc) is 3.83. The molecule has 0 fully saturated rings. The zero-order chi connectivity index (χ0) is 34.3. The van der Waals surface area contributed by atoms with Crippen LogP contribution in [0.2, 0.25) is 0 Å². The van der Waals surface area contributed by atoms with Crippen molar-refractivity contribution >= 4 is 46.3 Å². The molecule has 4 bridgehead atoms. The van der Waals surface area contributed by atoms with Gasteiger partial charge in [-0.1, -0.05) is 60.7 Å². The molecule has 1 aliphatic heterocycles. The fourth-order valence-electron chi connectivity index (χ4n) is 5.38. The van der Waals surface area contributed by atoms with E-state index < -0.39 is 41.8 Å². The maximum absolute atomic E-state index is 14.0. The highest BCUT2D eigenvalue weighted by Gasteiger charge is 2.29. The smallest absolute Gasteiger partial charge is 0.271 e. The highest BCUT2D eigenvalue weighted by atomic mass is 32.1. The van der Waals surface area contributed by atoms with Crippen molar-refractivity contribution in [2.45, 2.75) is 31.5 Å². The fourth-order valence-corrected chi connectivity index (χ4v) is 7.03. The Bertz CT molecular complexity index is 1950. The minimum absolute atomic E-state index is 0.0356. The zero-order valence-corrected chi connectivity index (χ0v) is 28.3. The Morgan fingerprint density at radius 3 is 2.24 bits per heavy atom. The van der Waals surface area contributed by atoms with Gasteiger partial charge in [-0.25, -0.2) is 15.0 Å². The molecule has 4 heterocycles. The van der Waals surface area contributed by atoms with E-state index in [4.69, 9.17) is 4.74 Å². The van der Waals surface area contributed by atoms with Gasteiger partial charge in [-0.3, -0.25) is 19.2 Å². The van der Waals surface area contributed by atoms with E-state index in [0.717, 1.165) is 11.1 Å². The van der Waals surface area contributed by atoms with Crippen molar-refractivity contribution in [3.05, 3.63) is 128 Å². The second-order valence-electron chi connectivity index (χ2n) is 11.4. The van der Waals surface area contributed by atoms with Gasteiger partial charge in [0.15, 0.2) is 0 Å². The first kappa shape index (κ1) is 33.4. The summed E-state index contributed by atoms with van der Waals surface area (Å²) in [5.74, 6) is -1.54. The first-order chi connectivity index (χ1) is 23.8. The Hall–Kier alpha value is -5.47. The number of thiazole rings is 2. The van der Waals surface area contributed by atoms with Crippen LogP contribution in [0, 0.1) is 0 Å². The van der Waals surface area contributed by atoms with Crippen molar-refractivity contribution in [1.29, 1.82) is 0 Å². The molecule has 12 nitrogen and oxygen atoms in total. The van der Waals surface area contributed by atoms with E-state index >= 15 is 0 Å². The van der Waals surface area contributed by atoms with Gasteiger partial charge in [0.05, 0.1) is 31.8 Å². The summed E-state index contributed by atoms with van der Waals surface area (Å²) in [5, 5.41) is 13.4. The molecular weight excluding hydrogens is 663 g/mol. The second-order valence-corrected chi connectivity index (χ2v) is 13.1. The predicted molar refractivity (Wildman–Crippen MR) is 184 cm³/mol. The molecule has 0 saturated carbocycles. The van der Waals surface area contributed by atoms with Crippen LogP contribution in [0.15, 0.2) is 89.8 Å². The van der Waals surface area contributed by atoms with Gasteiger partial charge < -0.3 is 25.6 Å². The summed E-state index contributed by atoms with van der Waals surface area (Å²) in [6.45, 7) is 1.40. The van der Waals surface area contributed by atoms with Gasteiger partial charge in [-0.15, -0.1) is 22.7 Å². The molecule has 4 amide bonds. The lowest BCUT2D eigenvalue weighted by Gasteiger charge is -2.29. The number of amides is 4. The Labute approximate surface area is 290 Å². The first-order valence-corrected chi connectivity index (χ1v) is 17.2. The highest BCUT2D eigenvalue weighted by Crippen LogP contribution is 2.26. The number of fused-ring (bicyclic) bond motifs is 4. The van der Waals surface area contributed by atoms with Crippen molar-refractivity contribution < 1.29 is 23.9 Å². The molecule has 250 valence electrons. The summed E-state index contributed by atoms with van der Waals surface area (Å²) in [5.41, 5.74) is 2.33. The number of aromatic nitrogens is 3. The summed E-state index contributed by atoms with van der Waals surface area (Å²) in [6.07, 6.45) is 1.89. The van der Waals surface area contributed by atoms with Crippen LogP contribution in [0.5, 0.6) is 5.88 Å². The van der Waals surface area contributed by atoms with Crippen LogP contribution >= 0.6 is 22.7 Å². The lowest BCUT2D eigenvalue weighted by Crippen LogP contribution is -2.46. The molecule has 3 atom stereocenters. The number of pyridine rings is 1. The molecule has 0 unspecified atom stereocenters. The molecule has 5 aromatic rings. The number of hydrogen-bond donors (Lipinski definition) is 3. The lowest BCUT2D eigenvalue weighted by molar-refractivity contribution is -0.122. The molecular formula is C35H33N7O5S2. The molecule has 1 aliphatic rings. The third-order valence-electron chi connectivity index (χ3n) is 7.87. The number of methoxy groups -OCH3 is 1. The van der Waals surface area contributed by atoms with Crippen LogP contribution in [0.25, 0.3) is 0 Å². The normalized spacial score (nSPS) is 18.8. The molecule has 0 radical (unpaired) electrons. The zero-order valence-electron chi connectivity index (χ0n) is 26.7. The Morgan fingerprint density at radius 2 is 1.53 bits per heavy atom. The second kappa shape index (κ2) is 15.2. The van der Waals surface area contributed by atoms with Crippen LogP contribution in [-0.4, -0.2) is 63.7 Å². The Kier molecular flexibility index (Phi) is 10.4. The molecule has 3 aromatic heterocycles. The number of ether oxygens (including phenoxy) is 1. The minimum Gasteiger partial charge on any atom is -0.481 e. The molecule has 0 saturated heterocycles. The van der Waals surface area contributed by atoms with Crippen molar-refractivity contribution in [2.24, 2.45) is 0 Å². The Morgan fingerprint density at radius 1 is 0.878 bits per heavy atom. The number of carbonyl (C=O) groups is 4.